The lowest BCUT2D eigenvalue weighted by molar-refractivity contribution is -0.172. The van der Waals surface area contributed by atoms with Gasteiger partial charge < -0.3 is 11.5 Å². The van der Waals surface area contributed by atoms with Crippen LogP contribution in [-0.2, 0) is 5.41 Å². The molecule has 2 nitrogen and oxygen atoms in total. The normalized spacial score (nSPS) is 12.7. The van der Waals surface area contributed by atoms with Crippen LogP contribution in [-0.4, -0.2) is 6.18 Å². The van der Waals surface area contributed by atoms with Gasteiger partial charge in [0.15, 0.2) is 0 Å². The molecule has 6 rings (SSSR count). The van der Waals surface area contributed by atoms with Crippen LogP contribution in [0.25, 0.3) is 43.1 Å². The second-order valence-corrected chi connectivity index (χ2v) is 9.52. The van der Waals surface area contributed by atoms with Crippen molar-refractivity contribution in [1.82, 2.24) is 0 Å². The van der Waals surface area contributed by atoms with E-state index in [2.05, 4.69) is 0 Å². The number of nitrogens with two attached hydrogens (primary N) is 2. The van der Waals surface area contributed by atoms with E-state index in [1.165, 1.54) is 6.92 Å². The van der Waals surface area contributed by atoms with Crippen LogP contribution in [0.4, 0.5) is 24.5 Å². The highest BCUT2D eigenvalue weighted by Crippen LogP contribution is 2.54. The summed E-state index contributed by atoms with van der Waals surface area (Å²) in [6.45, 7) is 1.20. The van der Waals surface area contributed by atoms with Crippen LogP contribution in [0.5, 0.6) is 0 Å². The predicted molar refractivity (Wildman–Crippen MR) is 144 cm³/mol. The molecule has 6 aromatic carbocycles. The van der Waals surface area contributed by atoms with Gasteiger partial charge in [-0.1, -0.05) is 60.7 Å². The molecule has 0 fully saturated rings. The van der Waals surface area contributed by atoms with Crippen molar-refractivity contribution in [3.8, 4) is 0 Å². The Hall–Kier alpha value is -4.25. The molecule has 0 heterocycles. The summed E-state index contributed by atoms with van der Waals surface area (Å²) in [5, 5.41) is 5.90. The van der Waals surface area contributed by atoms with Crippen LogP contribution in [0, 0.1) is 0 Å². The van der Waals surface area contributed by atoms with Gasteiger partial charge in [-0.05, 0) is 86.4 Å². The smallest absolute Gasteiger partial charge is 0.398 e. The summed E-state index contributed by atoms with van der Waals surface area (Å²) in [6.07, 6.45) is -4.69. The minimum absolute atomic E-state index is 0.0191. The summed E-state index contributed by atoms with van der Waals surface area (Å²) in [7, 11) is 0. The monoisotopic (exact) mass is 480 g/mol. The molecular formula is C31H23F3N2. The van der Waals surface area contributed by atoms with Gasteiger partial charge in [-0.25, -0.2) is 0 Å². The molecule has 5 heteroatoms. The lowest BCUT2D eigenvalue weighted by Gasteiger charge is -2.37. The van der Waals surface area contributed by atoms with Crippen molar-refractivity contribution in [2.75, 3.05) is 11.5 Å². The molecule has 0 aliphatic heterocycles. The fourth-order valence-corrected chi connectivity index (χ4v) is 5.59. The molecule has 0 saturated heterocycles. The summed E-state index contributed by atoms with van der Waals surface area (Å²) in [5.74, 6) is 0. The van der Waals surface area contributed by atoms with Crippen molar-refractivity contribution in [2.45, 2.75) is 18.5 Å². The second-order valence-electron chi connectivity index (χ2n) is 9.52. The molecule has 0 aliphatic rings. The molecule has 178 valence electrons. The maximum Gasteiger partial charge on any atom is 0.402 e. The molecule has 0 spiro atoms. The number of hydrogen-bond donors (Lipinski definition) is 2. The van der Waals surface area contributed by atoms with E-state index in [0.717, 1.165) is 21.5 Å². The van der Waals surface area contributed by atoms with E-state index in [-0.39, 0.29) is 22.5 Å². The van der Waals surface area contributed by atoms with Crippen LogP contribution in [0.3, 0.4) is 0 Å². The lowest BCUT2D eigenvalue weighted by atomic mass is 9.70. The Morgan fingerprint density at radius 3 is 1.22 bits per heavy atom. The third-order valence-corrected chi connectivity index (χ3v) is 7.40. The summed E-state index contributed by atoms with van der Waals surface area (Å²) in [5.41, 5.74) is 10.5. The van der Waals surface area contributed by atoms with Gasteiger partial charge in [0.2, 0.25) is 0 Å². The van der Waals surface area contributed by atoms with E-state index in [1.54, 1.807) is 36.4 Å². The maximum absolute atomic E-state index is 15.4. The van der Waals surface area contributed by atoms with Crippen LogP contribution >= 0.6 is 0 Å². The average molecular weight is 481 g/mol. The topological polar surface area (TPSA) is 52.0 Å². The van der Waals surface area contributed by atoms with E-state index in [4.69, 9.17) is 11.5 Å². The summed E-state index contributed by atoms with van der Waals surface area (Å²) < 4.78 is 46.2. The second kappa shape index (κ2) is 7.62. The molecule has 0 amide bonds. The van der Waals surface area contributed by atoms with Gasteiger partial charge in [-0.2, -0.15) is 13.2 Å². The van der Waals surface area contributed by atoms with Crippen molar-refractivity contribution in [3.63, 3.8) is 0 Å². The zero-order chi connectivity index (χ0) is 25.2. The third kappa shape index (κ3) is 3.12. The van der Waals surface area contributed by atoms with Crippen LogP contribution in [0.1, 0.15) is 18.1 Å². The fourth-order valence-electron chi connectivity index (χ4n) is 5.59. The predicted octanol–water partition coefficient (Wildman–Crippen LogP) is 8.33. The highest BCUT2D eigenvalue weighted by molar-refractivity contribution is 6.05. The van der Waals surface area contributed by atoms with Crippen molar-refractivity contribution >= 4 is 54.5 Å². The summed E-state index contributed by atoms with van der Waals surface area (Å²) in [6, 6.07) is 29.3. The quantitative estimate of drug-likeness (QED) is 0.193. The van der Waals surface area contributed by atoms with E-state index < -0.39 is 11.6 Å². The van der Waals surface area contributed by atoms with E-state index in [1.807, 2.05) is 60.7 Å². The average Bonchev–Trinajstić information content (AvgIpc) is 2.85. The SMILES string of the molecule is CC(c1c(N)ccc2cc3ccccc3cc12)(c1c(N)ccc2cc3ccccc3cc12)C(F)(F)F. The maximum atomic E-state index is 15.4. The number of nitrogen functional groups attached to an aromatic ring is 2. The van der Waals surface area contributed by atoms with Gasteiger partial charge in [0, 0.05) is 22.5 Å². The molecule has 0 aliphatic carbocycles. The number of rotatable bonds is 2. The van der Waals surface area contributed by atoms with Gasteiger partial charge >= 0.3 is 6.18 Å². The molecule has 0 bridgehead atoms. The number of anilines is 2. The highest BCUT2D eigenvalue weighted by atomic mass is 19.4. The molecule has 6 aromatic rings. The molecule has 0 unspecified atom stereocenters. The Kier molecular flexibility index (Phi) is 4.71. The molecule has 0 radical (unpaired) electrons. The number of alkyl halides is 3. The van der Waals surface area contributed by atoms with Crippen molar-refractivity contribution in [1.29, 1.82) is 0 Å². The largest absolute Gasteiger partial charge is 0.402 e. The van der Waals surface area contributed by atoms with Gasteiger partial charge in [0.1, 0.15) is 5.41 Å². The summed E-state index contributed by atoms with van der Waals surface area (Å²) >= 11 is 0. The Bertz CT molecular complexity index is 1690. The molecule has 0 aromatic heterocycles. The van der Waals surface area contributed by atoms with Gasteiger partial charge in [0.05, 0.1) is 0 Å². The molecule has 4 N–H and O–H groups in total. The highest BCUT2D eigenvalue weighted by Gasteiger charge is 2.56. The lowest BCUT2D eigenvalue weighted by Crippen LogP contribution is -2.42. The number of benzene rings is 6. The van der Waals surface area contributed by atoms with E-state index >= 15 is 13.2 Å². The first-order chi connectivity index (χ1) is 17.2. The Morgan fingerprint density at radius 1 is 0.500 bits per heavy atom. The first-order valence-corrected chi connectivity index (χ1v) is 11.7. The Labute approximate surface area is 205 Å². The minimum atomic E-state index is -4.69. The van der Waals surface area contributed by atoms with Gasteiger partial charge in [-0.3, -0.25) is 0 Å². The van der Waals surface area contributed by atoms with Gasteiger partial charge in [0.25, 0.3) is 0 Å². The first-order valence-electron chi connectivity index (χ1n) is 11.7. The Morgan fingerprint density at radius 2 is 0.861 bits per heavy atom. The standard InChI is InChI=1S/C31H23F3N2/c1-30(31(32,33)34,28-24-16-20-8-4-2-6-18(20)14-22(24)10-12-26(28)35)29-25-17-21-9-5-3-7-19(21)15-23(25)11-13-27(29)36/h2-17H,35-36H2,1H3. The van der Waals surface area contributed by atoms with Crippen LogP contribution in [0.15, 0.2) is 97.1 Å². The van der Waals surface area contributed by atoms with Crippen molar-refractivity contribution in [2.24, 2.45) is 0 Å². The number of halogens is 3. The van der Waals surface area contributed by atoms with Crippen LogP contribution in [0.2, 0.25) is 0 Å². The Balaban J connectivity index is 1.79. The fraction of sp³-hybridized carbons (Fsp3) is 0.0968. The zero-order valence-electron chi connectivity index (χ0n) is 19.5. The van der Waals surface area contributed by atoms with Crippen LogP contribution < -0.4 is 11.5 Å². The number of fused-ring (bicyclic) bond motifs is 4. The van der Waals surface area contributed by atoms with E-state index in [9.17, 15) is 0 Å². The number of hydrogen-bond acceptors (Lipinski definition) is 2. The molecule has 0 atom stereocenters. The minimum Gasteiger partial charge on any atom is -0.398 e. The molecule has 0 saturated carbocycles. The zero-order valence-corrected chi connectivity index (χ0v) is 19.5. The molecular weight excluding hydrogens is 457 g/mol. The van der Waals surface area contributed by atoms with Crippen molar-refractivity contribution < 1.29 is 13.2 Å². The first kappa shape index (κ1) is 22.2. The van der Waals surface area contributed by atoms with E-state index in [0.29, 0.717) is 21.5 Å². The molecule has 36 heavy (non-hydrogen) atoms. The van der Waals surface area contributed by atoms with Crippen molar-refractivity contribution in [3.05, 3.63) is 108 Å². The summed E-state index contributed by atoms with van der Waals surface area (Å²) in [4.78, 5) is 0. The van der Waals surface area contributed by atoms with Gasteiger partial charge in [-0.15, -0.1) is 0 Å². The third-order valence-electron chi connectivity index (χ3n) is 7.40.